The van der Waals surface area contributed by atoms with Crippen LogP contribution in [0.4, 0.5) is 0 Å². The molecular weight excluding hydrogens is 220 g/mol. The maximum atomic E-state index is 12.1. The molecule has 1 saturated heterocycles. The Labute approximate surface area is 100 Å². The van der Waals surface area contributed by atoms with Gasteiger partial charge in [-0.1, -0.05) is 0 Å². The summed E-state index contributed by atoms with van der Waals surface area (Å²) in [4.78, 5) is 15.2. The minimum atomic E-state index is 0.185. The lowest BCUT2D eigenvalue weighted by Crippen LogP contribution is -2.33. The fourth-order valence-corrected chi connectivity index (χ4v) is 3.00. The first-order valence-electron chi connectivity index (χ1n) is 5.67. The highest BCUT2D eigenvalue weighted by Gasteiger charge is 2.25. The lowest BCUT2D eigenvalue weighted by atomic mass is 10.1. The zero-order valence-electron chi connectivity index (χ0n) is 9.82. The molecule has 1 unspecified atom stereocenters. The van der Waals surface area contributed by atoms with Gasteiger partial charge in [-0.15, -0.1) is 11.3 Å². The van der Waals surface area contributed by atoms with Crippen molar-refractivity contribution >= 4 is 17.2 Å². The second kappa shape index (κ2) is 4.97. The van der Waals surface area contributed by atoms with Crippen molar-refractivity contribution in [2.75, 3.05) is 20.1 Å². The van der Waals surface area contributed by atoms with Crippen LogP contribution < -0.4 is 5.32 Å². The van der Waals surface area contributed by atoms with Crippen LogP contribution in [0.5, 0.6) is 0 Å². The number of aryl methyl sites for hydroxylation is 1. The molecule has 0 saturated carbocycles. The Morgan fingerprint density at radius 1 is 1.69 bits per heavy atom. The summed E-state index contributed by atoms with van der Waals surface area (Å²) in [6.07, 6.45) is 0.979. The molecule has 4 heteroatoms. The maximum Gasteiger partial charge on any atom is 0.227 e. The number of nitrogens with one attached hydrogen (secondary N) is 1. The van der Waals surface area contributed by atoms with Crippen LogP contribution in [0.25, 0.3) is 0 Å². The molecule has 16 heavy (non-hydrogen) atoms. The highest BCUT2D eigenvalue weighted by molar-refractivity contribution is 7.10. The number of hydrogen-bond donors (Lipinski definition) is 1. The SMILES string of the molecule is Cc1ccsc1CN(C)C(=O)C1CCNC1. The number of hydrogen-bond acceptors (Lipinski definition) is 3. The van der Waals surface area contributed by atoms with Gasteiger partial charge in [-0.05, 0) is 36.9 Å². The van der Waals surface area contributed by atoms with Gasteiger partial charge in [0, 0.05) is 18.5 Å². The van der Waals surface area contributed by atoms with Gasteiger partial charge in [0.25, 0.3) is 0 Å². The molecule has 0 bridgehead atoms. The average molecular weight is 238 g/mol. The molecule has 1 N–H and O–H groups in total. The number of nitrogens with zero attached hydrogens (tertiary/aromatic N) is 1. The van der Waals surface area contributed by atoms with Crippen LogP contribution >= 0.6 is 11.3 Å². The molecule has 0 aromatic carbocycles. The van der Waals surface area contributed by atoms with E-state index in [9.17, 15) is 4.79 Å². The van der Waals surface area contributed by atoms with E-state index in [1.165, 1.54) is 10.4 Å². The van der Waals surface area contributed by atoms with E-state index in [1.807, 2.05) is 11.9 Å². The van der Waals surface area contributed by atoms with E-state index in [0.717, 1.165) is 26.1 Å². The molecule has 0 aliphatic carbocycles. The molecule has 1 fully saturated rings. The average Bonchev–Trinajstić information content (AvgIpc) is 2.89. The molecule has 1 aromatic heterocycles. The van der Waals surface area contributed by atoms with Gasteiger partial charge in [-0.2, -0.15) is 0 Å². The zero-order chi connectivity index (χ0) is 11.5. The van der Waals surface area contributed by atoms with Gasteiger partial charge in [0.1, 0.15) is 0 Å². The van der Waals surface area contributed by atoms with Crippen LogP contribution in [0.3, 0.4) is 0 Å². The van der Waals surface area contributed by atoms with Crippen LogP contribution in [0, 0.1) is 12.8 Å². The van der Waals surface area contributed by atoms with E-state index in [1.54, 1.807) is 11.3 Å². The first-order valence-corrected chi connectivity index (χ1v) is 6.55. The van der Waals surface area contributed by atoms with E-state index in [2.05, 4.69) is 23.7 Å². The maximum absolute atomic E-state index is 12.1. The number of amides is 1. The summed E-state index contributed by atoms with van der Waals surface area (Å²) in [5, 5.41) is 5.32. The van der Waals surface area contributed by atoms with E-state index in [0.29, 0.717) is 0 Å². The molecule has 1 amide bonds. The normalized spacial score (nSPS) is 20.0. The van der Waals surface area contributed by atoms with E-state index >= 15 is 0 Å². The van der Waals surface area contributed by atoms with Crippen LogP contribution in [0.15, 0.2) is 11.4 Å². The van der Waals surface area contributed by atoms with Crippen molar-refractivity contribution in [3.05, 3.63) is 21.9 Å². The largest absolute Gasteiger partial charge is 0.340 e. The third-order valence-corrected chi connectivity index (χ3v) is 4.14. The fraction of sp³-hybridized carbons (Fsp3) is 0.583. The van der Waals surface area contributed by atoms with Crippen LogP contribution in [0.1, 0.15) is 16.9 Å². The Morgan fingerprint density at radius 3 is 3.06 bits per heavy atom. The molecule has 1 aliphatic rings. The summed E-state index contributed by atoms with van der Waals surface area (Å²) < 4.78 is 0. The summed E-state index contributed by atoms with van der Waals surface area (Å²) in [6.45, 7) is 4.66. The monoisotopic (exact) mass is 238 g/mol. The molecule has 0 radical (unpaired) electrons. The van der Waals surface area contributed by atoms with Crippen molar-refractivity contribution in [3.8, 4) is 0 Å². The third-order valence-electron chi connectivity index (χ3n) is 3.13. The quantitative estimate of drug-likeness (QED) is 0.868. The molecule has 1 aliphatic heterocycles. The molecule has 0 spiro atoms. The Hall–Kier alpha value is -0.870. The van der Waals surface area contributed by atoms with Crippen molar-refractivity contribution in [1.29, 1.82) is 0 Å². The second-order valence-electron chi connectivity index (χ2n) is 4.41. The summed E-state index contributed by atoms with van der Waals surface area (Å²) in [7, 11) is 1.90. The molecule has 1 aromatic rings. The van der Waals surface area contributed by atoms with E-state index < -0.39 is 0 Å². The predicted molar refractivity (Wildman–Crippen MR) is 66.5 cm³/mol. The lowest BCUT2D eigenvalue weighted by Gasteiger charge is -2.20. The first-order chi connectivity index (χ1) is 7.68. The van der Waals surface area contributed by atoms with Crippen LogP contribution in [0.2, 0.25) is 0 Å². The number of thiophene rings is 1. The summed E-state index contributed by atoms with van der Waals surface area (Å²) in [6, 6.07) is 2.11. The number of carbonyl (C=O) groups is 1. The summed E-state index contributed by atoms with van der Waals surface area (Å²) >= 11 is 1.73. The minimum absolute atomic E-state index is 0.185. The van der Waals surface area contributed by atoms with Crippen molar-refractivity contribution in [1.82, 2.24) is 10.2 Å². The Morgan fingerprint density at radius 2 is 2.50 bits per heavy atom. The first kappa shape index (κ1) is 11.6. The Balaban J connectivity index is 1.94. The van der Waals surface area contributed by atoms with Gasteiger partial charge >= 0.3 is 0 Å². The molecule has 3 nitrogen and oxygen atoms in total. The van der Waals surface area contributed by atoms with Gasteiger partial charge in [0.2, 0.25) is 5.91 Å². The number of carbonyl (C=O) groups excluding carboxylic acids is 1. The van der Waals surface area contributed by atoms with E-state index in [4.69, 9.17) is 0 Å². The predicted octanol–water partition coefficient (Wildman–Crippen LogP) is 1.62. The van der Waals surface area contributed by atoms with Crippen LogP contribution in [-0.4, -0.2) is 30.9 Å². The molecule has 2 heterocycles. The molecular formula is C12H18N2OS. The van der Waals surface area contributed by atoms with Crippen molar-refractivity contribution in [2.45, 2.75) is 19.9 Å². The lowest BCUT2D eigenvalue weighted by molar-refractivity contribution is -0.134. The smallest absolute Gasteiger partial charge is 0.227 e. The molecule has 1 atom stereocenters. The third kappa shape index (κ3) is 2.44. The summed E-state index contributed by atoms with van der Waals surface area (Å²) in [5.41, 5.74) is 1.29. The van der Waals surface area contributed by atoms with Crippen molar-refractivity contribution in [2.24, 2.45) is 5.92 Å². The van der Waals surface area contributed by atoms with Gasteiger partial charge in [-0.25, -0.2) is 0 Å². The van der Waals surface area contributed by atoms with E-state index in [-0.39, 0.29) is 11.8 Å². The number of rotatable bonds is 3. The second-order valence-corrected chi connectivity index (χ2v) is 5.41. The van der Waals surface area contributed by atoms with Gasteiger partial charge in [0.15, 0.2) is 0 Å². The van der Waals surface area contributed by atoms with Gasteiger partial charge in [-0.3, -0.25) is 4.79 Å². The molecule has 2 rings (SSSR count). The highest BCUT2D eigenvalue weighted by atomic mass is 32.1. The van der Waals surface area contributed by atoms with Crippen LogP contribution in [-0.2, 0) is 11.3 Å². The van der Waals surface area contributed by atoms with Gasteiger partial charge in [0.05, 0.1) is 12.5 Å². The van der Waals surface area contributed by atoms with Crippen molar-refractivity contribution < 1.29 is 4.79 Å². The Kier molecular flexibility index (Phi) is 3.61. The standard InChI is InChI=1S/C12H18N2OS/c1-9-4-6-16-11(9)8-14(2)12(15)10-3-5-13-7-10/h4,6,10,13H,3,5,7-8H2,1-2H3. The minimum Gasteiger partial charge on any atom is -0.340 e. The zero-order valence-corrected chi connectivity index (χ0v) is 10.6. The topological polar surface area (TPSA) is 32.3 Å². The van der Waals surface area contributed by atoms with Gasteiger partial charge < -0.3 is 10.2 Å². The summed E-state index contributed by atoms with van der Waals surface area (Å²) in [5.74, 6) is 0.461. The molecule has 88 valence electrons. The Bertz CT molecular complexity index is 369. The fourth-order valence-electron chi connectivity index (χ4n) is 2.04. The van der Waals surface area contributed by atoms with Crippen molar-refractivity contribution in [3.63, 3.8) is 0 Å². The highest BCUT2D eigenvalue weighted by Crippen LogP contribution is 2.19.